The summed E-state index contributed by atoms with van der Waals surface area (Å²) < 4.78 is 11.4. The summed E-state index contributed by atoms with van der Waals surface area (Å²) in [4.78, 5) is 18.5. The first-order valence-electron chi connectivity index (χ1n) is 9.30. The molecule has 2 aromatic carbocycles. The second kappa shape index (κ2) is 9.16. The van der Waals surface area contributed by atoms with E-state index in [2.05, 4.69) is 10.5 Å². The highest BCUT2D eigenvalue weighted by molar-refractivity contribution is 7.17. The van der Waals surface area contributed by atoms with Gasteiger partial charge in [0.1, 0.15) is 11.5 Å². The van der Waals surface area contributed by atoms with Crippen LogP contribution in [0.4, 0.5) is 0 Å². The van der Waals surface area contributed by atoms with Gasteiger partial charge < -0.3 is 9.47 Å². The molecule has 0 radical (unpaired) electrons. The molecular formula is C23H18ClN3O3S. The molecule has 0 aliphatic carbocycles. The number of ether oxygens (including phenoxy) is 2. The Labute approximate surface area is 188 Å². The number of pyridine rings is 1. The number of benzene rings is 2. The lowest BCUT2D eigenvalue weighted by Gasteiger charge is -2.12. The summed E-state index contributed by atoms with van der Waals surface area (Å²) in [6.07, 6.45) is 1.56. The number of amides is 1. The van der Waals surface area contributed by atoms with Crippen LogP contribution in [0.5, 0.6) is 11.5 Å². The van der Waals surface area contributed by atoms with Gasteiger partial charge in [-0.3, -0.25) is 4.79 Å². The Balaban J connectivity index is 1.73. The topological polar surface area (TPSA) is 72.8 Å². The number of thiophene rings is 1. The first-order chi connectivity index (χ1) is 15.1. The van der Waals surface area contributed by atoms with Crippen LogP contribution in [0.25, 0.3) is 22.2 Å². The van der Waals surface area contributed by atoms with Gasteiger partial charge in [0, 0.05) is 21.9 Å². The lowest BCUT2D eigenvalue weighted by atomic mass is 10.0. The molecule has 0 aliphatic rings. The molecule has 4 rings (SSSR count). The van der Waals surface area contributed by atoms with Crippen molar-refractivity contribution in [2.75, 3.05) is 14.2 Å². The lowest BCUT2D eigenvalue weighted by molar-refractivity contribution is 0.0956. The van der Waals surface area contributed by atoms with Gasteiger partial charge in [-0.05, 0) is 36.4 Å². The fourth-order valence-electron chi connectivity index (χ4n) is 3.12. The maximum absolute atomic E-state index is 13.0. The number of fused-ring (bicyclic) bond motifs is 1. The van der Waals surface area contributed by atoms with Crippen molar-refractivity contribution in [3.63, 3.8) is 0 Å². The van der Waals surface area contributed by atoms with E-state index in [1.807, 2.05) is 42.5 Å². The molecule has 156 valence electrons. The highest BCUT2D eigenvalue weighted by Gasteiger charge is 2.16. The molecule has 31 heavy (non-hydrogen) atoms. The van der Waals surface area contributed by atoms with E-state index >= 15 is 0 Å². The van der Waals surface area contributed by atoms with Crippen LogP contribution in [0, 0.1) is 0 Å². The molecule has 8 heteroatoms. The summed E-state index contributed by atoms with van der Waals surface area (Å²) in [6, 6.07) is 18.3. The summed E-state index contributed by atoms with van der Waals surface area (Å²) in [6.45, 7) is 0. The van der Waals surface area contributed by atoms with Crippen molar-refractivity contribution >= 4 is 46.0 Å². The first-order valence-corrected chi connectivity index (χ1v) is 10.5. The number of aromatic nitrogens is 1. The summed E-state index contributed by atoms with van der Waals surface area (Å²) in [5, 5.41) is 4.79. The largest absolute Gasteiger partial charge is 0.497 e. The zero-order chi connectivity index (χ0) is 21.8. The molecule has 0 atom stereocenters. The molecule has 1 N–H and O–H groups in total. The highest BCUT2D eigenvalue weighted by atomic mass is 35.5. The lowest BCUT2D eigenvalue weighted by Crippen LogP contribution is -2.18. The Morgan fingerprint density at radius 3 is 2.68 bits per heavy atom. The van der Waals surface area contributed by atoms with Crippen LogP contribution >= 0.6 is 22.9 Å². The van der Waals surface area contributed by atoms with Crippen LogP contribution in [0.2, 0.25) is 4.34 Å². The number of hydrazone groups is 1. The minimum Gasteiger partial charge on any atom is -0.497 e. The van der Waals surface area contributed by atoms with E-state index < -0.39 is 0 Å². The van der Waals surface area contributed by atoms with Gasteiger partial charge >= 0.3 is 0 Å². The Morgan fingerprint density at radius 1 is 1.10 bits per heavy atom. The van der Waals surface area contributed by atoms with Crippen molar-refractivity contribution < 1.29 is 14.3 Å². The van der Waals surface area contributed by atoms with Crippen molar-refractivity contribution in [2.24, 2.45) is 5.10 Å². The monoisotopic (exact) mass is 451 g/mol. The number of hydrogen-bond donors (Lipinski definition) is 1. The van der Waals surface area contributed by atoms with Crippen LogP contribution in [0.3, 0.4) is 0 Å². The minimum absolute atomic E-state index is 0.341. The molecule has 2 heterocycles. The molecule has 0 saturated carbocycles. The van der Waals surface area contributed by atoms with Crippen LogP contribution in [-0.4, -0.2) is 31.3 Å². The van der Waals surface area contributed by atoms with Gasteiger partial charge in [0.25, 0.3) is 5.91 Å². The van der Waals surface area contributed by atoms with E-state index in [1.165, 1.54) is 11.3 Å². The van der Waals surface area contributed by atoms with Gasteiger partial charge in [-0.1, -0.05) is 29.8 Å². The van der Waals surface area contributed by atoms with E-state index in [9.17, 15) is 4.79 Å². The molecule has 0 bridgehead atoms. The van der Waals surface area contributed by atoms with Gasteiger partial charge in [0.2, 0.25) is 0 Å². The van der Waals surface area contributed by atoms with E-state index in [0.717, 1.165) is 15.8 Å². The van der Waals surface area contributed by atoms with Crippen LogP contribution in [0.15, 0.2) is 65.8 Å². The number of para-hydroxylation sites is 1. The van der Waals surface area contributed by atoms with Crippen molar-refractivity contribution in [1.82, 2.24) is 10.4 Å². The van der Waals surface area contributed by atoms with Gasteiger partial charge in [-0.2, -0.15) is 5.10 Å². The Bertz CT molecular complexity index is 1290. The molecule has 0 saturated heterocycles. The second-order valence-corrected chi connectivity index (χ2v) is 8.23. The molecule has 6 nitrogen and oxygen atoms in total. The highest BCUT2D eigenvalue weighted by Crippen LogP contribution is 2.34. The fraction of sp³-hybridized carbons (Fsp3) is 0.0870. The maximum Gasteiger partial charge on any atom is 0.272 e. The fourth-order valence-corrected chi connectivity index (χ4v) is 4.06. The standard InChI is InChI=1S/C23H18ClN3O3S/c1-29-14-7-9-17(21(11-14)30-2)20-12-18(16-5-3-4-6-19(16)26-20)23(28)27-25-13-15-8-10-22(24)31-15/h3-13H,1-2H3,(H,27,28)/b25-13-. The molecule has 4 aromatic rings. The predicted molar refractivity (Wildman–Crippen MR) is 125 cm³/mol. The molecule has 0 unspecified atom stereocenters. The molecular weight excluding hydrogens is 434 g/mol. The molecule has 0 aliphatic heterocycles. The van der Waals surface area contributed by atoms with Crippen molar-refractivity contribution in [1.29, 1.82) is 0 Å². The zero-order valence-corrected chi connectivity index (χ0v) is 18.3. The minimum atomic E-state index is -0.341. The number of carbonyl (C=O) groups is 1. The number of rotatable bonds is 6. The molecule has 1 amide bonds. The Kier molecular flexibility index (Phi) is 6.16. The number of methoxy groups -OCH3 is 2. The van der Waals surface area contributed by atoms with E-state index in [0.29, 0.717) is 32.6 Å². The number of hydrogen-bond acceptors (Lipinski definition) is 6. The molecule has 0 spiro atoms. The second-order valence-electron chi connectivity index (χ2n) is 6.48. The normalized spacial score (nSPS) is 11.1. The average Bonchev–Trinajstić information content (AvgIpc) is 3.22. The van der Waals surface area contributed by atoms with Gasteiger partial charge in [-0.15, -0.1) is 11.3 Å². The van der Waals surface area contributed by atoms with Crippen molar-refractivity contribution in [3.8, 4) is 22.8 Å². The summed E-state index contributed by atoms with van der Waals surface area (Å²) >= 11 is 7.30. The van der Waals surface area contributed by atoms with Crippen LogP contribution < -0.4 is 14.9 Å². The van der Waals surface area contributed by atoms with Gasteiger partial charge in [0.05, 0.1) is 41.5 Å². The number of halogens is 1. The number of nitrogens with zero attached hydrogens (tertiary/aromatic N) is 2. The first kappa shape index (κ1) is 20.8. The average molecular weight is 452 g/mol. The quantitative estimate of drug-likeness (QED) is 0.315. The smallest absolute Gasteiger partial charge is 0.272 e. The van der Waals surface area contributed by atoms with Crippen LogP contribution in [0.1, 0.15) is 15.2 Å². The van der Waals surface area contributed by atoms with Gasteiger partial charge in [0.15, 0.2) is 0 Å². The third-order valence-corrected chi connectivity index (χ3v) is 5.76. The summed E-state index contributed by atoms with van der Waals surface area (Å²) in [5.41, 5.74) is 5.10. The van der Waals surface area contributed by atoms with Crippen LogP contribution in [-0.2, 0) is 0 Å². The zero-order valence-electron chi connectivity index (χ0n) is 16.8. The maximum atomic E-state index is 13.0. The van der Waals surface area contributed by atoms with E-state index in [1.54, 1.807) is 38.6 Å². The number of nitrogens with one attached hydrogen (secondary N) is 1. The summed E-state index contributed by atoms with van der Waals surface area (Å²) in [5.74, 6) is 0.926. The third-order valence-electron chi connectivity index (χ3n) is 4.60. The SMILES string of the molecule is COc1ccc(-c2cc(C(=O)N/N=C\c3ccc(Cl)s3)c3ccccc3n2)c(OC)c1. The number of carbonyl (C=O) groups excluding carboxylic acids is 1. The Morgan fingerprint density at radius 2 is 1.94 bits per heavy atom. The van der Waals surface area contributed by atoms with E-state index in [-0.39, 0.29) is 5.91 Å². The summed E-state index contributed by atoms with van der Waals surface area (Å²) in [7, 11) is 3.17. The molecule has 0 fully saturated rings. The third kappa shape index (κ3) is 4.52. The van der Waals surface area contributed by atoms with E-state index in [4.69, 9.17) is 26.1 Å². The Hall–Kier alpha value is -3.42. The molecule has 2 aromatic heterocycles. The van der Waals surface area contributed by atoms with Gasteiger partial charge in [-0.25, -0.2) is 10.4 Å². The van der Waals surface area contributed by atoms with Crippen molar-refractivity contribution in [3.05, 3.63) is 75.4 Å². The van der Waals surface area contributed by atoms with Crippen molar-refractivity contribution in [2.45, 2.75) is 0 Å². The predicted octanol–water partition coefficient (Wildman–Crippen LogP) is 5.40.